The third-order valence-electron chi connectivity index (χ3n) is 6.96. The average molecular weight is 552 g/mol. The molecule has 3 heterocycles. The van der Waals surface area contributed by atoms with Crippen LogP contribution in [0, 0.1) is 0 Å². The molecule has 0 unspecified atom stereocenters. The standard InChI is InChI=1S/C34H22BrN3/c35-30-10-7-9-29-28-8-1-2-13-33(28)38(34(29)30)27-16-14-23(15-17-27)24-20-25(31-11-3-5-18-36-31)22-26(21-24)32-12-4-6-19-37-32/h1-22H. The Labute approximate surface area is 229 Å². The molecule has 0 aliphatic carbocycles. The topological polar surface area (TPSA) is 30.7 Å². The quantitative estimate of drug-likeness (QED) is 0.218. The molecule has 38 heavy (non-hydrogen) atoms. The molecule has 0 radical (unpaired) electrons. The van der Waals surface area contributed by atoms with Crippen molar-refractivity contribution in [3.05, 3.63) is 138 Å². The summed E-state index contributed by atoms with van der Waals surface area (Å²) in [6.07, 6.45) is 3.67. The van der Waals surface area contributed by atoms with E-state index in [2.05, 4.69) is 115 Å². The molecule has 0 bridgehead atoms. The van der Waals surface area contributed by atoms with Crippen LogP contribution in [0.3, 0.4) is 0 Å². The normalized spacial score (nSPS) is 11.3. The second-order valence-corrected chi connectivity index (χ2v) is 10.1. The molecular weight excluding hydrogens is 530 g/mol. The Morgan fingerprint density at radius 2 is 1.11 bits per heavy atom. The van der Waals surface area contributed by atoms with Crippen LogP contribution >= 0.6 is 15.9 Å². The maximum absolute atomic E-state index is 4.60. The van der Waals surface area contributed by atoms with Crippen LogP contribution in [0.25, 0.3) is 61.1 Å². The van der Waals surface area contributed by atoms with Gasteiger partial charge in [0.05, 0.1) is 22.4 Å². The lowest BCUT2D eigenvalue weighted by atomic mass is 9.96. The zero-order valence-corrected chi connectivity index (χ0v) is 22.0. The van der Waals surface area contributed by atoms with Crippen LogP contribution in [0.5, 0.6) is 0 Å². The SMILES string of the molecule is Brc1cccc2c3ccccc3n(-c3ccc(-c4cc(-c5ccccn5)cc(-c5ccccn5)c4)cc3)c12. The van der Waals surface area contributed by atoms with Gasteiger partial charge in [0.1, 0.15) is 0 Å². The molecule has 7 rings (SSSR count). The third-order valence-corrected chi connectivity index (χ3v) is 7.60. The van der Waals surface area contributed by atoms with Gasteiger partial charge in [-0.25, -0.2) is 0 Å². The highest BCUT2D eigenvalue weighted by atomic mass is 79.9. The summed E-state index contributed by atoms with van der Waals surface area (Å²) < 4.78 is 3.42. The fourth-order valence-corrected chi connectivity index (χ4v) is 5.75. The van der Waals surface area contributed by atoms with Crippen molar-refractivity contribution in [3.63, 3.8) is 0 Å². The predicted molar refractivity (Wildman–Crippen MR) is 160 cm³/mol. The lowest BCUT2D eigenvalue weighted by Gasteiger charge is -2.12. The Morgan fingerprint density at radius 3 is 1.76 bits per heavy atom. The van der Waals surface area contributed by atoms with Gasteiger partial charge in [-0.2, -0.15) is 0 Å². The van der Waals surface area contributed by atoms with E-state index in [9.17, 15) is 0 Å². The van der Waals surface area contributed by atoms with Gasteiger partial charge in [-0.15, -0.1) is 0 Å². The van der Waals surface area contributed by atoms with Gasteiger partial charge >= 0.3 is 0 Å². The minimum atomic E-state index is 0.943. The first-order chi connectivity index (χ1) is 18.8. The van der Waals surface area contributed by atoms with E-state index in [0.29, 0.717) is 0 Å². The van der Waals surface area contributed by atoms with E-state index in [-0.39, 0.29) is 0 Å². The summed E-state index contributed by atoms with van der Waals surface area (Å²) in [6, 6.07) is 42.4. The average Bonchev–Trinajstić information content (AvgIpc) is 3.34. The van der Waals surface area contributed by atoms with Crippen molar-refractivity contribution >= 4 is 37.7 Å². The summed E-state index contributed by atoms with van der Waals surface area (Å²) in [7, 11) is 0. The van der Waals surface area contributed by atoms with Gasteiger partial charge in [-0.05, 0) is 93.8 Å². The number of fused-ring (bicyclic) bond motifs is 3. The molecule has 0 atom stereocenters. The summed E-state index contributed by atoms with van der Waals surface area (Å²) in [5.41, 5.74) is 9.78. The summed E-state index contributed by atoms with van der Waals surface area (Å²) >= 11 is 3.80. The van der Waals surface area contributed by atoms with Crippen molar-refractivity contribution in [2.75, 3.05) is 0 Å². The molecule has 0 aliphatic heterocycles. The molecule has 0 saturated carbocycles. The number of nitrogens with zero attached hydrogens (tertiary/aromatic N) is 3. The van der Waals surface area contributed by atoms with Crippen molar-refractivity contribution in [3.8, 4) is 39.3 Å². The highest BCUT2D eigenvalue weighted by Gasteiger charge is 2.15. The second kappa shape index (κ2) is 9.40. The Morgan fingerprint density at radius 1 is 0.500 bits per heavy atom. The second-order valence-electron chi connectivity index (χ2n) is 9.26. The largest absolute Gasteiger partial charge is 0.308 e. The molecule has 0 saturated heterocycles. The van der Waals surface area contributed by atoms with E-state index in [1.807, 2.05) is 48.8 Å². The first-order valence-electron chi connectivity index (χ1n) is 12.5. The maximum atomic E-state index is 4.60. The Bertz CT molecular complexity index is 1850. The summed E-state index contributed by atoms with van der Waals surface area (Å²) in [5, 5.41) is 2.48. The van der Waals surface area contributed by atoms with Gasteiger partial charge < -0.3 is 4.57 Å². The van der Waals surface area contributed by atoms with Crippen molar-refractivity contribution < 1.29 is 0 Å². The van der Waals surface area contributed by atoms with Gasteiger partial charge in [-0.1, -0.05) is 54.6 Å². The predicted octanol–water partition coefficient (Wildman–Crippen LogP) is 9.34. The summed E-state index contributed by atoms with van der Waals surface area (Å²) in [4.78, 5) is 9.21. The molecule has 0 spiro atoms. The van der Waals surface area contributed by atoms with E-state index in [0.717, 1.165) is 43.8 Å². The number of rotatable bonds is 4. The lowest BCUT2D eigenvalue weighted by Crippen LogP contribution is -1.94. The van der Waals surface area contributed by atoms with Crippen LogP contribution in [0.1, 0.15) is 0 Å². The van der Waals surface area contributed by atoms with E-state index in [1.165, 1.54) is 21.8 Å². The maximum Gasteiger partial charge on any atom is 0.0702 e. The van der Waals surface area contributed by atoms with Crippen LogP contribution < -0.4 is 0 Å². The number of benzene rings is 4. The zero-order valence-electron chi connectivity index (χ0n) is 20.4. The molecule has 0 N–H and O–H groups in total. The van der Waals surface area contributed by atoms with Gasteiger partial charge in [0.25, 0.3) is 0 Å². The molecule has 0 aliphatic rings. The number of pyridine rings is 2. The van der Waals surface area contributed by atoms with Gasteiger partial charge in [0.2, 0.25) is 0 Å². The molecule has 0 fully saturated rings. The van der Waals surface area contributed by atoms with Crippen molar-refractivity contribution in [1.29, 1.82) is 0 Å². The molecule has 4 aromatic carbocycles. The Balaban J connectivity index is 1.38. The first-order valence-corrected chi connectivity index (χ1v) is 13.3. The van der Waals surface area contributed by atoms with Crippen LogP contribution in [0.2, 0.25) is 0 Å². The molecule has 4 heteroatoms. The number of aromatic nitrogens is 3. The van der Waals surface area contributed by atoms with E-state index in [4.69, 9.17) is 0 Å². The molecule has 180 valence electrons. The van der Waals surface area contributed by atoms with Crippen LogP contribution in [-0.4, -0.2) is 14.5 Å². The fraction of sp³-hybridized carbons (Fsp3) is 0. The fourth-order valence-electron chi connectivity index (χ4n) is 5.20. The molecular formula is C34H22BrN3. The molecule has 3 aromatic heterocycles. The Hall–Kier alpha value is -4.54. The third kappa shape index (κ3) is 3.90. The van der Waals surface area contributed by atoms with E-state index >= 15 is 0 Å². The van der Waals surface area contributed by atoms with E-state index in [1.54, 1.807) is 0 Å². The van der Waals surface area contributed by atoms with Crippen molar-refractivity contribution in [2.45, 2.75) is 0 Å². The Kier molecular flexibility index (Phi) is 5.60. The highest BCUT2D eigenvalue weighted by molar-refractivity contribution is 9.10. The minimum Gasteiger partial charge on any atom is -0.308 e. The van der Waals surface area contributed by atoms with Crippen LogP contribution in [0.4, 0.5) is 0 Å². The number of hydrogen-bond donors (Lipinski definition) is 0. The van der Waals surface area contributed by atoms with Gasteiger partial charge in [0, 0.05) is 44.5 Å². The van der Waals surface area contributed by atoms with Crippen molar-refractivity contribution in [2.24, 2.45) is 0 Å². The molecule has 3 nitrogen and oxygen atoms in total. The first kappa shape index (κ1) is 22.6. The monoisotopic (exact) mass is 551 g/mol. The molecule has 7 aromatic rings. The van der Waals surface area contributed by atoms with Crippen LogP contribution in [-0.2, 0) is 0 Å². The number of hydrogen-bond acceptors (Lipinski definition) is 2. The highest BCUT2D eigenvalue weighted by Crippen LogP contribution is 2.37. The minimum absolute atomic E-state index is 0.943. The lowest BCUT2D eigenvalue weighted by molar-refractivity contribution is 1.18. The summed E-state index contributed by atoms with van der Waals surface area (Å²) in [5.74, 6) is 0. The van der Waals surface area contributed by atoms with Crippen LogP contribution in [0.15, 0.2) is 138 Å². The van der Waals surface area contributed by atoms with Crippen molar-refractivity contribution in [1.82, 2.24) is 14.5 Å². The summed E-state index contributed by atoms with van der Waals surface area (Å²) in [6.45, 7) is 0. The number of halogens is 1. The zero-order chi connectivity index (χ0) is 25.5. The smallest absolute Gasteiger partial charge is 0.0702 e. The van der Waals surface area contributed by atoms with E-state index < -0.39 is 0 Å². The number of para-hydroxylation sites is 2. The molecule has 0 amide bonds. The van der Waals surface area contributed by atoms with Gasteiger partial charge in [0.15, 0.2) is 0 Å². The van der Waals surface area contributed by atoms with Gasteiger partial charge in [-0.3, -0.25) is 9.97 Å².